The van der Waals surface area contributed by atoms with Gasteiger partial charge in [-0.2, -0.15) is 0 Å². The lowest BCUT2D eigenvalue weighted by Crippen LogP contribution is -2.29. The second-order valence-electron chi connectivity index (χ2n) is 3.47. The molecule has 3 nitrogen and oxygen atoms in total. The van der Waals surface area contributed by atoms with Gasteiger partial charge in [-0.05, 0) is 41.9 Å². The maximum Gasteiger partial charge on any atom is 0.139 e. The number of aromatic nitrogens is 1. The summed E-state index contributed by atoms with van der Waals surface area (Å²) in [6.07, 6.45) is 4.77. The smallest absolute Gasteiger partial charge is 0.139 e. The molecule has 0 saturated carbocycles. The maximum absolute atomic E-state index is 5.69. The Morgan fingerprint density at radius 1 is 1.53 bits per heavy atom. The third kappa shape index (κ3) is 5.14. The molecule has 1 N–H and O–H groups in total. The molecule has 0 aromatic carbocycles. The maximum atomic E-state index is 5.69. The monoisotopic (exact) mass is 272 g/mol. The molecule has 0 amide bonds. The van der Waals surface area contributed by atoms with Crippen molar-refractivity contribution in [2.75, 3.05) is 13.1 Å². The molecule has 1 rings (SSSR count). The fourth-order valence-electron chi connectivity index (χ4n) is 1.21. The van der Waals surface area contributed by atoms with E-state index in [-0.39, 0.29) is 6.10 Å². The minimum Gasteiger partial charge on any atom is -0.488 e. The summed E-state index contributed by atoms with van der Waals surface area (Å²) in [5, 5.41) is 3.31. The number of hydrogen-bond acceptors (Lipinski definition) is 3. The Morgan fingerprint density at radius 2 is 2.33 bits per heavy atom. The molecule has 0 fully saturated rings. The predicted molar refractivity (Wildman–Crippen MR) is 65.2 cm³/mol. The summed E-state index contributed by atoms with van der Waals surface area (Å²) in [6, 6.07) is 1.92. The molecule has 15 heavy (non-hydrogen) atoms. The Hall–Kier alpha value is -0.610. The molecule has 0 saturated heterocycles. The normalized spacial score (nSPS) is 12.5. The van der Waals surface area contributed by atoms with E-state index in [9.17, 15) is 0 Å². The van der Waals surface area contributed by atoms with Crippen LogP contribution in [0.2, 0.25) is 0 Å². The van der Waals surface area contributed by atoms with Crippen molar-refractivity contribution < 1.29 is 4.74 Å². The van der Waals surface area contributed by atoms with Crippen LogP contribution < -0.4 is 10.1 Å². The average Bonchev–Trinajstić information content (AvgIpc) is 2.18. The van der Waals surface area contributed by atoms with E-state index in [1.165, 1.54) is 0 Å². The van der Waals surface area contributed by atoms with E-state index >= 15 is 0 Å². The van der Waals surface area contributed by atoms with Gasteiger partial charge in [0.15, 0.2) is 0 Å². The van der Waals surface area contributed by atoms with Crippen molar-refractivity contribution in [3.8, 4) is 5.75 Å². The first-order chi connectivity index (χ1) is 7.22. The zero-order valence-electron chi connectivity index (χ0n) is 9.16. The van der Waals surface area contributed by atoms with Crippen LogP contribution in [0.4, 0.5) is 0 Å². The van der Waals surface area contributed by atoms with Crippen molar-refractivity contribution in [3.63, 3.8) is 0 Å². The Kier molecular flexibility index (Phi) is 5.65. The van der Waals surface area contributed by atoms with Crippen molar-refractivity contribution >= 4 is 15.9 Å². The molecule has 0 aliphatic rings. The summed E-state index contributed by atoms with van der Waals surface area (Å²) in [5.41, 5.74) is 0. The number of ether oxygens (including phenoxy) is 1. The van der Waals surface area contributed by atoms with Gasteiger partial charge in [-0.3, -0.25) is 4.98 Å². The van der Waals surface area contributed by atoms with Crippen molar-refractivity contribution in [1.82, 2.24) is 10.3 Å². The second kappa shape index (κ2) is 6.80. The van der Waals surface area contributed by atoms with E-state index in [1.807, 2.05) is 13.0 Å². The molecule has 0 bridgehead atoms. The third-order valence-corrected chi connectivity index (χ3v) is 2.31. The van der Waals surface area contributed by atoms with E-state index in [1.54, 1.807) is 12.4 Å². The van der Waals surface area contributed by atoms with Gasteiger partial charge in [-0.15, -0.1) is 0 Å². The fourth-order valence-corrected chi connectivity index (χ4v) is 1.56. The number of hydrogen-bond donors (Lipinski definition) is 1. The quantitative estimate of drug-likeness (QED) is 0.809. The predicted octanol–water partition coefficient (Wildman–Crippen LogP) is 2.61. The van der Waals surface area contributed by atoms with Crippen LogP contribution in [-0.4, -0.2) is 24.2 Å². The zero-order valence-corrected chi connectivity index (χ0v) is 10.8. The number of rotatable bonds is 6. The van der Waals surface area contributed by atoms with E-state index < -0.39 is 0 Å². The average molecular weight is 273 g/mol. The molecule has 84 valence electrons. The molecule has 1 aromatic heterocycles. The van der Waals surface area contributed by atoms with Gasteiger partial charge >= 0.3 is 0 Å². The van der Waals surface area contributed by atoms with Crippen molar-refractivity contribution in [2.45, 2.75) is 26.4 Å². The first-order valence-electron chi connectivity index (χ1n) is 5.20. The Labute approximate surface area is 99.4 Å². The molecular formula is C11H17BrN2O. The number of halogens is 1. The molecule has 1 unspecified atom stereocenters. The molecule has 1 aromatic rings. The van der Waals surface area contributed by atoms with Crippen LogP contribution in [0.5, 0.6) is 5.75 Å². The van der Waals surface area contributed by atoms with Gasteiger partial charge in [0.1, 0.15) is 11.9 Å². The van der Waals surface area contributed by atoms with Crippen LogP contribution in [0.1, 0.15) is 20.3 Å². The van der Waals surface area contributed by atoms with Gasteiger partial charge in [0.05, 0.1) is 6.20 Å². The molecule has 4 heteroatoms. The number of nitrogens with one attached hydrogen (secondary N) is 1. The summed E-state index contributed by atoms with van der Waals surface area (Å²) in [7, 11) is 0. The van der Waals surface area contributed by atoms with Crippen molar-refractivity contribution in [3.05, 3.63) is 22.9 Å². The largest absolute Gasteiger partial charge is 0.488 e. The lowest BCUT2D eigenvalue weighted by molar-refractivity contribution is 0.216. The van der Waals surface area contributed by atoms with Gasteiger partial charge in [-0.1, -0.05) is 6.92 Å². The lowest BCUT2D eigenvalue weighted by atomic mass is 10.3. The minimum atomic E-state index is 0.160. The highest BCUT2D eigenvalue weighted by atomic mass is 79.9. The SMILES string of the molecule is CCCNCC(C)Oc1cncc(Br)c1. The van der Waals surface area contributed by atoms with Crippen LogP contribution in [0.3, 0.4) is 0 Å². The van der Waals surface area contributed by atoms with Gasteiger partial charge in [0, 0.05) is 17.2 Å². The number of nitrogens with zero attached hydrogens (tertiary/aromatic N) is 1. The first kappa shape index (κ1) is 12.5. The Bertz CT molecular complexity index is 294. The second-order valence-corrected chi connectivity index (χ2v) is 4.39. The number of pyridine rings is 1. The molecule has 1 heterocycles. The van der Waals surface area contributed by atoms with Gasteiger partial charge in [0.25, 0.3) is 0 Å². The first-order valence-corrected chi connectivity index (χ1v) is 5.99. The van der Waals surface area contributed by atoms with Crippen LogP contribution >= 0.6 is 15.9 Å². The summed E-state index contributed by atoms with van der Waals surface area (Å²) in [5.74, 6) is 0.801. The zero-order chi connectivity index (χ0) is 11.1. The summed E-state index contributed by atoms with van der Waals surface area (Å²) >= 11 is 3.36. The van der Waals surface area contributed by atoms with Gasteiger partial charge in [0.2, 0.25) is 0 Å². The summed E-state index contributed by atoms with van der Waals surface area (Å²) in [4.78, 5) is 4.04. The van der Waals surface area contributed by atoms with Gasteiger partial charge in [-0.25, -0.2) is 0 Å². The molecule has 0 spiro atoms. The Balaban J connectivity index is 2.34. The van der Waals surface area contributed by atoms with Crippen LogP contribution in [0.25, 0.3) is 0 Å². The van der Waals surface area contributed by atoms with Crippen LogP contribution in [-0.2, 0) is 0 Å². The van der Waals surface area contributed by atoms with E-state index in [0.717, 1.165) is 29.7 Å². The molecule has 0 aliphatic carbocycles. The van der Waals surface area contributed by atoms with Gasteiger partial charge < -0.3 is 10.1 Å². The molecule has 1 atom stereocenters. The van der Waals surface area contributed by atoms with E-state index in [2.05, 4.69) is 33.2 Å². The highest BCUT2D eigenvalue weighted by molar-refractivity contribution is 9.10. The lowest BCUT2D eigenvalue weighted by Gasteiger charge is -2.14. The van der Waals surface area contributed by atoms with E-state index in [0.29, 0.717) is 0 Å². The van der Waals surface area contributed by atoms with Crippen molar-refractivity contribution in [2.24, 2.45) is 0 Å². The van der Waals surface area contributed by atoms with Crippen molar-refractivity contribution in [1.29, 1.82) is 0 Å². The molecular weight excluding hydrogens is 256 g/mol. The standard InChI is InChI=1S/C11H17BrN2O/c1-3-4-13-6-9(2)15-11-5-10(12)7-14-8-11/h5,7-9,13H,3-4,6H2,1-2H3. The summed E-state index contributed by atoms with van der Waals surface area (Å²) < 4.78 is 6.63. The highest BCUT2D eigenvalue weighted by Crippen LogP contribution is 2.16. The van der Waals surface area contributed by atoms with Crippen LogP contribution in [0.15, 0.2) is 22.9 Å². The molecule has 0 radical (unpaired) electrons. The fraction of sp³-hybridized carbons (Fsp3) is 0.545. The van der Waals surface area contributed by atoms with E-state index in [4.69, 9.17) is 4.74 Å². The summed E-state index contributed by atoms with van der Waals surface area (Å²) in [6.45, 7) is 6.09. The minimum absolute atomic E-state index is 0.160. The molecule has 0 aliphatic heterocycles. The third-order valence-electron chi connectivity index (χ3n) is 1.88. The highest BCUT2D eigenvalue weighted by Gasteiger charge is 2.03. The Morgan fingerprint density at radius 3 is 3.00 bits per heavy atom. The topological polar surface area (TPSA) is 34.1 Å². The van der Waals surface area contributed by atoms with Crippen LogP contribution in [0, 0.1) is 0 Å².